The largest absolute Gasteiger partial charge is 0.497 e. The summed E-state index contributed by atoms with van der Waals surface area (Å²) in [6.45, 7) is 3.90. The molecule has 4 aromatic rings. The Morgan fingerprint density at radius 1 is 0.939 bits per heavy atom. The van der Waals surface area contributed by atoms with Crippen LogP contribution in [0.1, 0.15) is 34.6 Å². The number of para-hydroxylation sites is 2. The van der Waals surface area contributed by atoms with Crippen molar-refractivity contribution in [3.8, 4) is 11.5 Å². The number of nitrogens with zero attached hydrogens (tertiary/aromatic N) is 2. The lowest BCUT2D eigenvalue weighted by Gasteiger charge is -2.11. The second kappa shape index (κ2) is 10.7. The number of unbranched alkanes of at least 4 members (excludes halogenated alkanes) is 1. The Bertz CT molecular complexity index is 1200. The minimum Gasteiger partial charge on any atom is -0.497 e. The van der Waals surface area contributed by atoms with Gasteiger partial charge in [-0.1, -0.05) is 29.8 Å². The summed E-state index contributed by atoms with van der Waals surface area (Å²) in [4.78, 5) is 17.4. The standard InChI is InChI=1S/C27H29N3O3/c1-20-9-13-23(14-10-20)33-18-6-5-17-30-25-8-4-3-7-24(25)29-26(30)19-28-27(31)21-11-15-22(32-2)16-12-21/h3-4,7-16H,5-6,17-19H2,1-2H3,(H,28,31). The first-order chi connectivity index (χ1) is 16.1. The summed E-state index contributed by atoms with van der Waals surface area (Å²) in [6, 6.07) is 23.3. The maximum absolute atomic E-state index is 12.6. The molecule has 0 fully saturated rings. The lowest BCUT2D eigenvalue weighted by molar-refractivity contribution is 0.0949. The van der Waals surface area contributed by atoms with E-state index in [1.165, 1.54) is 5.56 Å². The van der Waals surface area contributed by atoms with Crippen molar-refractivity contribution in [1.29, 1.82) is 0 Å². The summed E-state index contributed by atoms with van der Waals surface area (Å²) in [6.07, 6.45) is 1.88. The highest BCUT2D eigenvalue weighted by Crippen LogP contribution is 2.18. The zero-order chi connectivity index (χ0) is 23.0. The van der Waals surface area contributed by atoms with Crippen LogP contribution in [0.2, 0.25) is 0 Å². The number of aryl methyl sites for hydroxylation is 2. The van der Waals surface area contributed by atoms with Crippen LogP contribution in [0.15, 0.2) is 72.8 Å². The number of hydrogen-bond acceptors (Lipinski definition) is 4. The Hall–Kier alpha value is -3.80. The molecule has 1 aromatic heterocycles. The van der Waals surface area contributed by atoms with Crippen LogP contribution in [0.4, 0.5) is 0 Å². The number of hydrogen-bond donors (Lipinski definition) is 1. The van der Waals surface area contributed by atoms with E-state index < -0.39 is 0 Å². The monoisotopic (exact) mass is 443 g/mol. The fraction of sp³-hybridized carbons (Fsp3) is 0.259. The highest BCUT2D eigenvalue weighted by molar-refractivity contribution is 5.94. The number of carbonyl (C=O) groups is 1. The maximum atomic E-state index is 12.6. The molecule has 3 aromatic carbocycles. The summed E-state index contributed by atoms with van der Waals surface area (Å²) in [5.74, 6) is 2.33. The number of benzene rings is 3. The topological polar surface area (TPSA) is 65.4 Å². The van der Waals surface area contributed by atoms with E-state index in [-0.39, 0.29) is 5.91 Å². The van der Waals surface area contributed by atoms with Gasteiger partial charge in [0.1, 0.15) is 17.3 Å². The molecule has 0 radical (unpaired) electrons. The van der Waals surface area contributed by atoms with E-state index in [0.717, 1.165) is 47.7 Å². The molecule has 6 nitrogen and oxygen atoms in total. The number of imidazole rings is 1. The predicted octanol–water partition coefficient (Wildman–Crippen LogP) is 5.14. The first kappa shape index (κ1) is 22.4. The van der Waals surface area contributed by atoms with E-state index in [9.17, 15) is 4.79 Å². The second-order valence-electron chi connectivity index (χ2n) is 7.95. The average molecular weight is 444 g/mol. The van der Waals surface area contributed by atoms with Crippen molar-refractivity contribution < 1.29 is 14.3 Å². The summed E-state index contributed by atoms with van der Waals surface area (Å²) in [5, 5.41) is 2.99. The summed E-state index contributed by atoms with van der Waals surface area (Å²) in [5.41, 5.74) is 3.82. The molecule has 0 aliphatic carbocycles. The number of ether oxygens (including phenoxy) is 2. The first-order valence-electron chi connectivity index (χ1n) is 11.2. The van der Waals surface area contributed by atoms with Gasteiger partial charge in [0.25, 0.3) is 5.91 Å². The van der Waals surface area contributed by atoms with E-state index in [4.69, 9.17) is 14.5 Å². The van der Waals surface area contributed by atoms with Crippen LogP contribution in [-0.4, -0.2) is 29.2 Å². The molecule has 0 unspecified atom stereocenters. The van der Waals surface area contributed by atoms with Crippen LogP contribution < -0.4 is 14.8 Å². The Kier molecular flexibility index (Phi) is 7.25. The average Bonchev–Trinajstić information content (AvgIpc) is 3.21. The number of rotatable bonds is 10. The van der Waals surface area contributed by atoms with Crippen LogP contribution in [0.25, 0.3) is 11.0 Å². The smallest absolute Gasteiger partial charge is 0.251 e. The zero-order valence-corrected chi connectivity index (χ0v) is 19.1. The molecular weight excluding hydrogens is 414 g/mol. The molecule has 1 N–H and O–H groups in total. The van der Waals surface area contributed by atoms with E-state index >= 15 is 0 Å². The van der Waals surface area contributed by atoms with Crippen molar-refractivity contribution in [2.45, 2.75) is 32.9 Å². The molecule has 33 heavy (non-hydrogen) atoms. The Morgan fingerprint density at radius 2 is 1.67 bits per heavy atom. The second-order valence-corrected chi connectivity index (χ2v) is 7.95. The predicted molar refractivity (Wildman–Crippen MR) is 130 cm³/mol. The molecule has 1 heterocycles. The number of amides is 1. The SMILES string of the molecule is COc1ccc(C(=O)NCc2nc3ccccc3n2CCCCOc2ccc(C)cc2)cc1. The van der Waals surface area contributed by atoms with Gasteiger partial charge in [0, 0.05) is 12.1 Å². The van der Waals surface area contributed by atoms with E-state index in [1.807, 2.05) is 30.3 Å². The van der Waals surface area contributed by atoms with Crippen LogP contribution in [0, 0.1) is 6.92 Å². The van der Waals surface area contributed by atoms with E-state index in [2.05, 4.69) is 35.0 Å². The van der Waals surface area contributed by atoms with Gasteiger partial charge in [0.2, 0.25) is 0 Å². The summed E-state index contributed by atoms with van der Waals surface area (Å²) < 4.78 is 13.2. The lowest BCUT2D eigenvalue weighted by atomic mass is 10.2. The van der Waals surface area contributed by atoms with Crippen LogP contribution in [0.3, 0.4) is 0 Å². The van der Waals surface area contributed by atoms with Crippen LogP contribution in [-0.2, 0) is 13.1 Å². The van der Waals surface area contributed by atoms with Crippen molar-refractivity contribution in [2.24, 2.45) is 0 Å². The normalized spacial score (nSPS) is 10.8. The third-order valence-corrected chi connectivity index (χ3v) is 5.56. The van der Waals surface area contributed by atoms with Crippen molar-refractivity contribution in [3.63, 3.8) is 0 Å². The van der Waals surface area contributed by atoms with Gasteiger partial charge >= 0.3 is 0 Å². The van der Waals surface area contributed by atoms with Crippen molar-refractivity contribution in [2.75, 3.05) is 13.7 Å². The minimum atomic E-state index is -0.136. The quantitative estimate of drug-likeness (QED) is 0.345. The van der Waals surface area contributed by atoms with Gasteiger partial charge in [-0.25, -0.2) is 4.98 Å². The molecule has 4 rings (SSSR count). The number of fused-ring (bicyclic) bond motifs is 1. The van der Waals surface area contributed by atoms with Gasteiger partial charge in [-0.2, -0.15) is 0 Å². The third-order valence-electron chi connectivity index (χ3n) is 5.56. The molecule has 0 spiro atoms. The number of carbonyl (C=O) groups excluding carboxylic acids is 1. The molecule has 0 atom stereocenters. The molecule has 0 saturated carbocycles. The van der Waals surface area contributed by atoms with Gasteiger partial charge in [-0.15, -0.1) is 0 Å². The van der Waals surface area contributed by atoms with Crippen LogP contribution in [0.5, 0.6) is 11.5 Å². The molecule has 170 valence electrons. The Balaban J connectivity index is 1.36. The summed E-state index contributed by atoms with van der Waals surface area (Å²) >= 11 is 0. The molecule has 1 amide bonds. The van der Waals surface area contributed by atoms with Gasteiger partial charge in [-0.3, -0.25) is 4.79 Å². The molecule has 0 saturated heterocycles. The van der Waals surface area contributed by atoms with Gasteiger partial charge < -0.3 is 19.4 Å². The van der Waals surface area contributed by atoms with Crippen LogP contribution >= 0.6 is 0 Å². The first-order valence-corrected chi connectivity index (χ1v) is 11.2. The fourth-order valence-electron chi connectivity index (χ4n) is 3.71. The van der Waals surface area contributed by atoms with Crippen molar-refractivity contribution in [3.05, 3.63) is 89.7 Å². The highest BCUT2D eigenvalue weighted by Gasteiger charge is 2.12. The molecule has 0 aliphatic rings. The molecule has 0 bridgehead atoms. The third kappa shape index (κ3) is 5.71. The Morgan fingerprint density at radius 3 is 2.42 bits per heavy atom. The zero-order valence-electron chi connectivity index (χ0n) is 19.1. The highest BCUT2D eigenvalue weighted by atomic mass is 16.5. The number of methoxy groups -OCH3 is 1. The Labute approximate surface area is 194 Å². The van der Waals surface area contributed by atoms with E-state index in [0.29, 0.717) is 18.7 Å². The molecule has 6 heteroatoms. The van der Waals surface area contributed by atoms with Crippen molar-refractivity contribution in [1.82, 2.24) is 14.9 Å². The lowest BCUT2D eigenvalue weighted by Crippen LogP contribution is -2.24. The molecule has 0 aliphatic heterocycles. The molecular formula is C27H29N3O3. The van der Waals surface area contributed by atoms with Crippen molar-refractivity contribution >= 4 is 16.9 Å². The van der Waals surface area contributed by atoms with Gasteiger partial charge in [-0.05, 0) is 68.3 Å². The number of aromatic nitrogens is 2. The summed E-state index contributed by atoms with van der Waals surface area (Å²) in [7, 11) is 1.61. The van der Waals surface area contributed by atoms with Gasteiger partial charge in [0.05, 0.1) is 31.3 Å². The minimum absolute atomic E-state index is 0.136. The maximum Gasteiger partial charge on any atom is 0.251 e. The fourth-order valence-corrected chi connectivity index (χ4v) is 3.71. The van der Waals surface area contributed by atoms with Gasteiger partial charge in [0.15, 0.2) is 0 Å². The van der Waals surface area contributed by atoms with E-state index in [1.54, 1.807) is 31.4 Å². The number of nitrogens with one attached hydrogen (secondary N) is 1.